The number of nitrogens with one attached hydrogen (secondary N) is 1. The quantitative estimate of drug-likeness (QED) is 0.728. The molecule has 104 valence electrons. The highest BCUT2D eigenvalue weighted by Crippen LogP contribution is 2.14. The monoisotopic (exact) mass is 253 g/mol. The van der Waals surface area contributed by atoms with Gasteiger partial charge in [0.25, 0.3) is 0 Å². The lowest BCUT2D eigenvalue weighted by Gasteiger charge is -2.12. The van der Waals surface area contributed by atoms with Crippen molar-refractivity contribution < 1.29 is 9.15 Å². The number of ether oxygens (including phenoxy) is 1. The van der Waals surface area contributed by atoms with Crippen molar-refractivity contribution >= 4 is 0 Å². The van der Waals surface area contributed by atoms with E-state index in [1.165, 1.54) is 5.56 Å². The van der Waals surface area contributed by atoms with Crippen LogP contribution in [0, 0.1) is 5.92 Å². The minimum absolute atomic E-state index is 0.302. The molecule has 0 saturated heterocycles. The van der Waals surface area contributed by atoms with Crippen molar-refractivity contribution in [2.45, 2.75) is 59.8 Å². The van der Waals surface area contributed by atoms with Gasteiger partial charge in [0.1, 0.15) is 12.4 Å². The normalized spacial score (nSPS) is 13.2. The molecule has 1 heterocycles. The summed E-state index contributed by atoms with van der Waals surface area (Å²) in [6.07, 6.45) is 4.30. The summed E-state index contributed by atoms with van der Waals surface area (Å²) in [6.45, 7) is 11.2. The van der Waals surface area contributed by atoms with E-state index < -0.39 is 0 Å². The van der Waals surface area contributed by atoms with Crippen LogP contribution in [0.3, 0.4) is 0 Å². The fourth-order valence-electron chi connectivity index (χ4n) is 1.85. The zero-order chi connectivity index (χ0) is 13.4. The molecule has 0 saturated carbocycles. The van der Waals surface area contributed by atoms with Crippen molar-refractivity contribution in [3.8, 4) is 0 Å². The van der Waals surface area contributed by atoms with Gasteiger partial charge < -0.3 is 14.5 Å². The van der Waals surface area contributed by atoms with E-state index in [9.17, 15) is 0 Å². The Balaban J connectivity index is 2.35. The van der Waals surface area contributed by atoms with Gasteiger partial charge >= 0.3 is 0 Å². The highest BCUT2D eigenvalue weighted by Gasteiger charge is 2.08. The third kappa shape index (κ3) is 5.69. The highest BCUT2D eigenvalue weighted by molar-refractivity contribution is 5.16. The summed E-state index contributed by atoms with van der Waals surface area (Å²) in [5.41, 5.74) is 1.21. The molecule has 1 aromatic rings. The molecule has 0 radical (unpaired) electrons. The van der Waals surface area contributed by atoms with Crippen LogP contribution in [0.15, 0.2) is 16.7 Å². The molecule has 0 aliphatic rings. The summed E-state index contributed by atoms with van der Waals surface area (Å²) in [4.78, 5) is 0. The van der Waals surface area contributed by atoms with Crippen LogP contribution >= 0.6 is 0 Å². The van der Waals surface area contributed by atoms with Crippen molar-refractivity contribution in [1.82, 2.24) is 5.32 Å². The van der Waals surface area contributed by atoms with Gasteiger partial charge in [-0.15, -0.1) is 0 Å². The second kappa shape index (κ2) is 8.33. The zero-order valence-electron chi connectivity index (χ0n) is 12.2. The lowest BCUT2D eigenvalue weighted by molar-refractivity contribution is 0.0366. The van der Waals surface area contributed by atoms with Gasteiger partial charge in [-0.3, -0.25) is 0 Å². The minimum atomic E-state index is 0.302. The fraction of sp³-hybridized carbons (Fsp3) is 0.733. The number of hydrogen-bond donors (Lipinski definition) is 1. The van der Waals surface area contributed by atoms with E-state index in [-0.39, 0.29) is 0 Å². The van der Waals surface area contributed by atoms with Gasteiger partial charge in [-0.25, -0.2) is 0 Å². The Bertz CT molecular complexity index is 320. The second-order valence-corrected chi connectivity index (χ2v) is 5.30. The molecule has 0 amide bonds. The maximum Gasteiger partial charge on any atom is 0.133 e. The predicted octanol–water partition coefficient (Wildman–Crippen LogP) is 3.73. The van der Waals surface area contributed by atoms with Gasteiger partial charge in [0.2, 0.25) is 0 Å². The number of hydrogen-bond acceptors (Lipinski definition) is 3. The van der Waals surface area contributed by atoms with Crippen LogP contribution in [-0.4, -0.2) is 12.6 Å². The Morgan fingerprint density at radius 1 is 1.33 bits per heavy atom. The summed E-state index contributed by atoms with van der Waals surface area (Å²) >= 11 is 0. The van der Waals surface area contributed by atoms with E-state index in [2.05, 4.69) is 33.0 Å². The van der Waals surface area contributed by atoms with Crippen molar-refractivity contribution in [2.75, 3.05) is 6.54 Å². The largest absolute Gasteiger partial charge is 0.467 e. The fourth-order valence-corrected chi connectivity index (χ4v) is 1.85. The topological polar surface area (TPSA) is 34.4 Å². The Hall–Kier alpha value is -0.800. The average molecular weight is 253 g/mol. The van der Waals surface area contributed by atoms with E-state index in [1.807, 2.05) is 6.07 Å². The van der Waals surface area contributed by atoms with Gasteiger partial charge in [-0.05, 0) is 31.9 Å². The Labute approximate surface area is 111 Å². The van der Waals surface area contributed by atoms with Crippen LogP contribution in [0.25, 0.3) is 0 Å². The van der Waals surface area contributed by atoms with E-state index in [0.29, 0.717) is 18.6 Å². The average Bonchev–Trinajstić information content (AvgIpc) is 2.74. The lowest BCUT2D eigenvalue weighted by Crippen LogP contribution is -2.19. The molecule has 0 spiro atoms. The molecule has 1 N–H and O–H groups in total. The Morgan fingerprint density at radius 2 is 2.11 bits per heavy atom. The molecule has 3 nitrogen and oxygen atoms in total. The van der Waals surface area contributed by atoms with Crippen molar-refractivity contribution in [3.05, 3.63) is 23.7 Å². The summed E-state index contributed by atoms with van der Waals surface area (Å²) in [7, 11) is 0. The number of rotatable bonds is 9. The molecule has 1 unspecified atom stereocenters. The third-order valence-corrected chi connectivity index (χ3v) is 2.90. The first-order chi connectivity index (χ1) is 8.63. The second-order valence-electron chi connectivity index (χ2n) is 5.30. The molecule has 0 aromatic carbocycles. The SMILES string of the molecule is CCCC(C)OCc1occc1CNCC(C)C. The summed E-state index contributed by atoms with van der Waals surface area (Å²) in [5, 5.41) is 3.42. The summed E-state index contributed by atoms with van der Waals surface area (Å²) < 4.78 is 11.3. The molecule has 0 aliphatic heterocycles. The molecule has 3 heteroatoms. The van der Waals surface area contributed by atoms with E-state index in [1.54, 1.807) is 6.26 Å². The molecule has 1 atom stereocenters. The van der Waals surface area contributed by atoms with Crippen LogP contribution in [0.1, 0.15) is 51.9 Å². The van der Waals surface area contributed by atoms with E-state index in [0.717, 1.165) is 31.7 Å². The van der Waals surface area contributed by atoms with Crippen LogP contribution in [-0.2, 0) is 17.9 Å². The van der Waals surface area contributed by atoms with Crippen molar-refractivity contribution in [2.24, 2.45) is 5.92 Å². The lowest BCUT2D eigenvalue weighted by atomic mass is 10.2. The van der Waals surface area contributed by atoms with Crippen LogP contribution in [0.4, 0.5) is 0 Å². The number of furan rings is 1. The van der Waals surface area contributed by atoms with Crippen LogP contribution in [0.2, 0.25) is 0 Å². The Morgan fingerprint density at radius 3 is 2.78 bits per heavy atom. The van der Waals surface area contributed by atoms with Crippen LogP contribution in [0.5, 0.6) is 0 Å². The maximum atomic E-state index is 5.77. The van der Waals surface area contributed by atoms with E-state index in [4.69, 9.17) is 9.15 Å². The molecular formula is C15H27NO2. The molecule has 0 fully saturated rings. The third-order valence-electron chi connectivity index (χ3n) is 2.90. The standard InChI is InChI=1S/C15H27NO2/c1-5-6-13(4)18-11-15-14(7-8-17-15)10-16-9-12(2)3/h7-8,12-13,16H,5-6,9-11H2,1-4H3. The molecule has 0 bridgehead atoms. The maximum absolute atomic E-state index is 5.77. The predicted molar refractivity (Wildman–Crippen MR) is 74.4 cm³/mol. The smallest absolute Gasteiger partial charge is 0.133 e. The van der Waals surface area contributed by atoms with Crippen molar-refractivity contribution in [1.29, 1.82) is 0 Å². The molecule has 18 heavy (non-hydrogen) atoms. The Kier molecular flexibility index (Phi) is 7.06. The minimum Gasteiger partial charge on any atom is -0.467 e. The van der Waals surface area contributed by atoms with Crippen molar-refractivity contribution in [3.63, 3.8) is 0 Å². The summed E-state index contributed by atoms with van der Waals surface area (Å²) in [6, 6.07) is 2.02. The zero-order valence-corrected chi connectivity index (χ0v) is 12.2. The van der Waals surface area contributed by atoms with Gasteiger partial charge in [-0.2, -0.15) is 0 Å². The highest BCUT2D eigenvalue weighted by atomic mass is 16.5. The van der Waals surface area contributed by atoms with E-state index >= 15 is 0 Å². The first-order valence-electron chi connectivity index (χ1n) is 7.01. The summed E-state index contributed by atoms with van der Waals surface area (Å²) in [5.74, 6) is 1.62. The molecular weight excluding hydrogens is 226 g/mol. The van der Waals surface area contributed by atoms with Gasteiger partial charge in [0.05, 0.1) is 12.4 Å². The molecule has 0 aliphatic carbocycles. The van der Waals surface area contributed by atoms with Gasteiger partial charge in [0, 0.05) is 12.1 Å². The van der Waals surface area contributed by atoms with Gasteiger partial charge in [0.15, 0.2) is 0 Å². The van der Waals surface area contributed by atoms with Gasteiger partial charge in [-0.1, -0.05) is 27.2 Å². The first kappa shape index (κ1) is 15.3. The molecule has 1 aromatic heterocycles. The van der Waals surface area contributed by atoms with Crippen LogP contribution < -0.4 is 5.32 Å². The first-order valence-corrected chi connectivity index (χ1v) is 7.01. The molecule has 1 rings (SSSR count).